The minimum absolute atomic E-state index is 0.0772. The third kappa shape index (κ3) is 4.44. The number of rotatable bonds is 6. The van der Waals surface area contributed by atoms with Crippen molar-refractivity contribution in [2.24, 2.45) is 0 Å². The van der Waals surface area contributed by atoms with Crippen molar-refractivity contribution in [1.82, 2.24) is 19.5 Å². The van der Waals surface area contributed by atoms with Crippen LogP contribution in [0.4, 0.5) is 11.6 Å². The second-order valence-electron chi connectivity index (χ2n) is 5.97. The number of hydrogen-bond donors (Lipinski definition) is 2. The first kappa shape index (κ1) is 15.3. The van der Waals surface area contributed by atoms with E-state index in [0.717, 1.165) is 37.1 Å². The van der Waals surface area contributed by atoms with Crippen LogP contribution in [0, 0.1) is 0 Å². The summed E-state index contributed by atoms with van der Waals surface area (Å²) in [5.74, 6) is 2.56. The Balaban J connectivity index is 2.08. The molecule has 0 radical (unpaired) electrons. The highest BCUT2D eigenvalue weighted by molar-refractivity contribution is 5.48. The Hall–Kier alpha value is -2.11. The molecule has 2 heterocycles. The van der Waals surface area contributed by atoms with E-state index in [0.29, 0.717) is 0 Å². The monoisotopic (exact) mass is 288 g/mol. The summed E-state index contributed by atoms with van der Waals surface area (Å²) in [7, 11) is 0. The molecule has 2 aromatic rings. The largest absolute Gasteiger partial charge is 0.370 e. The molecule has 2 aromatic heterocycles. The van der Waals surface area contributed by atoms with Crippen LogP contribution in [0.3, 0.4) is 0 Å². The highest BCUT2D eigenvalue weighted by atomic mass is 15.1. The van der Waals surface area contributed by atoms with Crippen LogP contribution in [0.15, 0.2) is 24.8 Å². The molecule has 21 heavy (non-hydrogen) atoms. The maximum absolute atomic E-state index is 4.62. The first-order valence-electron chi connectivity index (χ1n) is 7.32. The van der Waals surface area contributed by atoms with Gasteiger partial charge in [-0.05, 0) is 6.92 Å². The summed E-state index contributed by atoms with van der Waals surface area (Å²) in [5.41, 5.74) is -0.0772. The van der Waals surface area contributed by atoms with Gasteiger partial charge in [0.15, 0.2) is 0 Å². The van der Waals surface area contributed by atoms with Crippen LogP contribution in [0.5, 0.6) is 0 Å². The van der Waals surface area contributed by atoms with Gasteiger partial charge in [-0.1, -0.05) is 20.8 Å². The van der Waals surface area contributed by atoms with Crippen molar-refractivity contribution in [1.29, 1.82) is 0 Å². The van der Waals surface area contributed by atoms with Gasteiger partial charge in [-0.3, -0.25) is 0 Å². The number of nitrogens with zero attached hydrogens (tertiary/aromatic N) is 4. The second-order valence-corrected chi connectivity index (χ2v) is 5.97. The zero-order valence-electron chi connectivity index (χ0n) is 13.2. The van der Waals surface area contributed by atoms with Gasteiger partial charge in [0.05, 0.1) is 6.33 Å². The summed E-state index contributed by atoms with van der Waals surface area (Å²) in [4.78, 5) is 13.2. The smallest absolute Gasteiger partial charge is 0.138 e. The SMILES string of the molecule is CCNc1cc(NCCn2ccnc2)nc(C(C)(C)C)n1. The van der Waals surface area contributed by atoms with E-state index in [1.54, 1.807) is 6.20 Å². The van der Waals surface area contributed by atoms with Gasteiger partial charge in [0.1, 0.15) is 17.5 Å². The average Bonchev–Trinajstić information content (AvgIpc) is 2.91. The molecule has 0 atom stereocenters. The van der Waals surface area contributed by atoms with Crippen molar-refractivity contribution in [2.75, 3.05) is 23.7 Å². The molecule has 0 unspecified atom stereocenters. The molecule has 2 rings (SSSR count). The predicted molar refractivity (Wildman–Crippen MR) is 85.6 cm³/mol. The van der Waals surface area contributed by atoms with Crippen molar-refractivity contribution in [3.63, 3.8) is 0 Å². The van der Waals surface area contributed by atoms with Crippen molar-refractivity contribution in [3.05, 3.63) is 30.6 Å². The highest BCUT2D eigenvalue weighted by Gasteiger charge is 2.19. The van der Waals surface area contributed by atoms with Crippen molar-refractivity contribution in [2.45, 2.75) is 39.7 Å². The van der Waals surface area contributed by atoms with Gasteiger partial charge < -0.3 is 15.2 Å². The average molecular weight is 288 g/mol. The molecule has 0 saturated carbocycles. The van der Waals surface area contributed by atoms with E-state index < -0.39 is 0 Å². The van der Waals surface area contributed by atoms with Crippen LogP contribution in [-0.2, 0) is 12.0 Å². The number of aromatic nitrogens is 4. The molecule has 0 aromatic carbocycles. The number of anilines is 2. The zero-order chi connectivity index (χ0) is 15.3. The molecule has 0 spiro atoms. The number of imidazole rings is 1. The molecule has 0 aliphatic carbocycles. The topological polar surface area (TPSA) is 67.7 Å². The van der Waals surface area contributed by atoms with Crippen LogP contribution in [-0.4, -0.2) is 32.6 Å². The Labute approximate surface area is 126 Å². The summed E-state index contributed by atoms with van der Waals surface area (Å²) in [6, 6.07) is 1.95. The third-order valence-corrected chi connectivity index (χ3v) is 2.99. The van der Waals surface area contributed by atoms with Gasteiger partial charge in [0, 0.05) is 43.5 Å². The molecule has 0 aliphatic rings. The molecule has 2 N–H and O–H groups in total. The fraction of sp³-hybridized carbons (Fsp3) is 0.533. The van der Waals surface area contributed by atoms with E-state index in [-0.39, 0.29) is 5.41 Å². The third-order valence-electron chi connectivity index (χ3n) is 2.99. The standard InChI is InChI=1S/C15H24N6/c1-5-17-12-10-13(20-14(19-12)15(2,3)4)18-7-9-21-8-6-16-11-21/h6,8,10-11H,5,7,9H2,1-4H3,(H2,17,18,19,20). The van der Waals surface area contributed by atoms with E-state index in [4.69, 9.17) is 0 Å². The lowest BCUT2D eigenvalue weighted by Gasteiger charge is -2.19. The molecule has 0 fully saturated rings. The molecule has 6 nitrogen and oxygen atoms in total. The van der Waals surface area contributed by atoms with E-state index in [2.05, 4.69) is 53.3 Å². The molecular weight excluding hydrogens is 264 g/mol. The molecule has 114 valence electrons. The van der Waals surface area contributed by atoms with Gasteiger partial charge in [0.25, 0.3) is 0 Å². The van der Waals surface area contributed by atoms with Gasteiger partial charge in [-0.25, -0.2) is 15.0 Å². The summed E-state index contributed by atoms with van der Waals surface area (Å²) >= 11 is 0. The van der Waals surface area contributed by atoms with Crippen LogP contribution in [0.25, 0.3) is 0 Å². The molecule has 0 amide bonds. The predicted octanol–water partition coefficient (Wildman–Crippen LogP) is 2.51. The number of nitrogens with one attached hydrogen (secondary N) is 2. The zero-order valence-corrected chi connectivity index (χ0v) is 13.2. The summed E-state index contributed by atoms with van der Waals surface area (Å²) in [5, 5.41) is 6.61. The van der Waals surface area contributed by atoms with E-state index in [9.17, 15) is 0 Å². The summed E-state index contributed by atoms with van der Waals surface area (Å²) in [6.45, 7) is 10.9. The Morgan fingerprint density at radius 3 is 2.43 bits per heavy atom. The lowest BCUT2D eigenvalue weighted by Crippen LogP contribution is -2.19. The van der Waals surface area contributed by atoms with Crippen LogP contribution < -0.4 is 10.6 Å². The Kier molecular flexibility index (Phi) is 4.77. The van der Waals surface area contributed by atoms with Crippen LogP contribution >= 0.6 is 0 Å². The van der Waals surface area contributed by atoms with Gasteiger partial charge in [-0.15, -0.1) is 0 Å². The van der Waals surface area contributed by atoms with E-state index in [1.807, 2.05) is 23.2 Å². The lowest BCUT2D eigenvalue weighted by atomic mass is 9.96. The Morgan fingerprint density at radius 2 is 1.86 bits per heavy atom. The Bertz CT molecular complexity index is 556. The first-order valence-corrected chi connectivity index (χ1v) is 7.32. The molecule has 6 heteroatoms. The second kappa shape index (κ2) is 6.56. The summed E-state index contributed by atoms with van der Waals surface area (Å²) in [6.07, 6.45) is 5.55. The van der Waals surface area contributed by atoms with E-state index >= 15 is 0 Å². The normalized spacial score (nSPS) is 11.4. The minimum Gasteiger partial charge on any atom is -0.370 e. The van der Waals surface area contributed by atoms with Gasteiger partial charge >= 0.3 is 0 Å². The molecule has 0 bridgehead atoms. The van der Waals surface area contributed by atoms with Gasteiger partial charge in [-0.2, -0.15) is 0 Å². The van der Waals surface area contributed by atoms with Crippen LogP contribution in [0.1, 0.15) is 33.5 Å². The maximum atomic E-state index is 4.62. The molecule has 0 saturated heterocycles. The van der Waals surface area contributed by atoms with Crippen LogP contribution in [0.2, 0.25) is 0 Å². The quantitative estimate of drug-likeness (QED) is 0.855. The van der Waals surface area contributed by atoms with Crippen molar-refractivity contribution >= 4 is 11.6 Å². The highest BCUT2D eigenvalue weighted by Crippen LogP contribution is 2.22. The lowest BCUT2D eigenvalue weighted by molar-refractivity contribution is 0.546. The summed E-state index contributed by atoms with van der Waals surface area (Å²) < 4.78 is 2.03. The molecular formula is C15H24N6. The first-order chi connectivity index (χ1) is 9.99. The molecule has 0 aliphatic heterocycles. The van der Waals surface area contributed by atoms with Crippen molar-refractivity contribution < 1.29 is 0 Å². The number of hydrogen-bond acceptors (Lipinski definition) is 5. The van der Waals surface area contributed by atoms with Crippen molar-refractivity contribution in [3.8, 4) is 0 Å². The fourth-order valence-corrected chi connectivity index (χ4v) is 1.88. The van der Waals surface area contributed by atoms with E-state index in [1.165, 1.54) is 0 Å². The maximum Gasteiger partial charge on any atom is 0.138 e. The Morgan fingerprint density at radius 1 is 1.14 bits per heavy atom. The van der Waals surface area contributed by atoms with Gasteiger partial charge in [0.2, 0.25) is 0 Å². The minimum atomic E-state index is -0.0772. The fourth-order valence-electron chi connectivity index (χ4n) is 1.88.